The lowest BCUT2D eigenvalue weighted by molar-refractivity contribution is -0.118. The van der Waals surface area contributed by atoms with Crippen molar-refractivity contribution < 1.29 is 13.9 Å². The molecule has 25 heavy (non-hydrogen) atoms. The molecule has 1 heterocycles. The maximum Gasteiger partial charge on any atom is 0.263 e. The summed E-state index contributed by atoms with van der Waals surface area (Å²) in [5, 5.41) is 7.42. The topological polar surface area (TPSA) is 56.1 Å². The number of anilines is 1. The van der Waals surface area contributed by atoms with Crippen molar-refractivity contribution in [3.63, 3.8) is 0 Å². The molecule has 0 radical (unpaired) electrons. The van der Waals surface area contributed by atoms with Crippen molar-refractivity contribution in [1.29, 1.82) is 0 Å². The Morgan fingerprint density at radius 3 is 2.68 bits per heavy atom. The molecule has 2 aromatic carbocycles. The Balaban J connectivity index is 1.53. The quantitative estimate of drug-likeness (QED) is 0.729. The summed E-state index contributed by atoms with van der Waals surface area (Å²) in [4.78, 5) is 11.9. The van der Waals surface area contributed by atoms with Gasteiger partial charge in [0.25, 0.3) is 5.91 Å². The lowest BCUT2D eigenvalue weighted by Gasteiger charge is -2.06. The summed E-state index contributed by atoms with van der Waals surface area (Å²) in [7, 11) is 0. The Morgan fingerprint density at radius 1 is 1.16 bits per heavy atom. The summed E-state index contributed by atoms with van der Waals surface area (Å²) in [6.07, 6.45) is 1.67. The van der Waals surface area contributed by atoms with Crippen molar-refractivity contribution in [2.24, 2.45) is 0 Å². The van der Waals surface area contributed by atoms with Gasteiger partial charge in [0.05, 0.1) is 6.54 Å². The van der Waals surface area contributed by atoms with Gasteiger partial charge in [0.15, 0.2) is 12.4 Å². The molecule has 0 saturated carbocycles. The average molecular weight is 360 g/mol. The number of hydrogen-bond acceptors (Lipinski definition) is 3. The molecule has 0 aliphatic carbocycles. The third-order valence-electron chi connectivity index (χ3n) is 3.38. The molecule has 0 aliphatic rings. The fourth-order valence-corrected chi connectivity index (χ4v) is 2.30. The molecule has 5 nitrogen and oxygen atoms in total. The van der Waals surface area contributed by atoms with Gasteiger partial charge in [-0.3, -0.25) is 9.48 Å². The number of nitrogens with one attached hydrogen (secondary N) is 1. The van der Waals surface area contributed by atoms with Gasteiger partial charge in [0, 0.05) is 22.8 Å². The molecule has 1 aromatic heterocycles. The van der Waals surface area contributed by atoms with E-state index in [2.05, 4.69) is 10.4 Å². The molecule has 0 fully saturated rings. The molecule has 128 valence electrons. The standard InChI is InChI=1S/C18H15ClFN3O2/c19-14-5-7-15(8-6-14)25-12-18(24)21-17-9-10-23(22-17)11-13-3-1-2-4-16(13)20/h1-10H,11-12H2,(H,21,22,24). The van der Waals surface area contributed by atoms with Crippen LogP contribution in [0.15, 0.2) is 60.8 Å². The second kappa shape index (κ2) is 7.81. The molecule has 7 heteroatoms. The number of ether oxygens (including phenoxy) is 1. The van der Waals surface area contributed by atoms with Crippen molar-refractivity contribution in [2.45, 2.75) is 6.54 Å². The summed E-state index contributed by atoms with van der Waals surface area (Å²) < 4.78 is 20.6. The van der Waals surface area contributed by atoms with Crippen LogP contribution >= 0.6 is 11.6 Å². The summed E-state index contributed by atoms with van der Waals surface area (Å²) >= 11 is 5.78. The highest BCUT2D eigenvalue weighted by Gasteiger charge is 2.08. The highest BCUT2D eigenvalue weighted by molar-refractivity contribution is 6.30. The van der Waals surface area contributed by atoms with Crippen LogP contribution in [0.1, 0.15) is 5.56 Å². The van der Waals surface area contributed by atoms with E-state index in [0.717, 1.165) is 0 Å². The molecule has 0 aliphatic heterocycles. The normalized spacial score (nSPS) is 10.5. The summed E-state index contributed by atoms with van der Waals surface area (Å²) in [6.45, 7) is 0.131. The molecular weight excluding hydrogens is 345 g/mol. The van der Waals surface area contributed by atoms with E-state index in [9.17, 15) is 9.18 Å². The van der Waals surface area contributed by atoms with Crippen molar-refractivity contribution in [3.8, 4) is 5.75 Å². The van der Waals surface area contributed by atoms with Crippen molar-refractivity contribution >= 4 is 23.3 Å². The second-order valence-electron chi connectivity index (χ2n) is 5.28. The minimum Gasteiger partial charge on any atom is -0.484 e. The maximum atomic E-state index is 13.6. The highest BCUT2D eigenvalue weighted by Crippen LogP contribution is 2.15. The highest BCUT2D eigenvalue weighted by atomic mass is 35.5. The zero-order valence-electron chi connectivity index (χ0n) is 13.2. The van der Waals surface area contributed by atoms with Gasteiger partial charge in [-0.15, -0.1) is 0 Å². The zero-order chi connectivity index (χ0) is 17.6. The number of halogens is 2. The number of nitrogens with zero attached hydrogens (tertiary/aromatic N) is 2. The monoisotopic (exact) mass is 359 g/mol. The lowest BCUT2D eigenvalue weighted by atomic mass is 10.2. The number of carbonyl (C=O) groups is 1. The first-order valence-corrected chi connectivity index (χ1v) is 7.93. The van der Waals surface area contributed by atoms with Crippen LogP contribution in [0.3, 0.4) is 0 Å². The van der Waals surface area contributed by atoms with Gasteiger partial charge in [-0.25, -0.2) is 4.39 Å². The maximum absolute atomic E-state index is 13.6. The Morgan fingerprint density at radius 2 is 1.92 bits per heavy atom. The first-order chi connectivity index (χ1) is 12.1. The fraction of sp³-hybridized carbons (Fsp3) is 0.111. The first-order valence-electron chi connectivity index (χ1n) is 7.55. The first kappa shape index (κ1) is 17.0. The van der Waals surface area contributed by atoms with E-state index in [0.29, 0.717) is 22.2 Å². The molecule has 0 bridgehead atoms. The van der Waals surface area contributed by atoms with E-state index in [-0.39, 0.29) is 24.9 Å². The SMILES string of the molecule is O=C(COc1ccc(Cl)cc1)Nc1ccn(Cc2ccccc2F)n1. The third-order valence-corrected chi connectivity index (χ3v) is 3.63. The van der Waals surface area contributed by atoms with E-state index >= 15 is 0 Å². The van der Waals surface area contributed by atoms with Gasteiger partial charge in [0.1, 0.15) is 11.6 Å². The molecule has 1 N–H and O–H groups in total. The van der Waals surface area contributed by atoms with Crippen LogP contribution in [0.5, 0.6) is 5.75 Å². The molecule has 0 atom stereocenters. The van der Waals surface area contributed by atoms with Gasteiger partial charge in [0.2, 0.25) is 0 Å². The molecular formula is C18H15ClFN3O2. The van der Waals surface area contributed by atoms with Crippen LogP contribution in [0.2, 0.25) is 5.02 Å². The third kappa shape index (κ3) is 4.81. The number of carbonyl (C=O) groups excluding carboxylic acids is 1. The Bertz CT molecular complexity index is 865. The van der Waals surface area contributed by atoms with Crippen molar-refractivity contribution in [1.82, 2.24) is 9.78 Å². The van der Waals surface area contributed by atoms with Gasteiger partial charge in [-0.05, 0) is 30.3 Å². The predicted octanol–water partition coefficient (Wildman–Crippen LogP) is 3.74. The van der Waals surface area contributed by atoms with Crippen molar-refractivity contribution in [3.05, 3.63) is 77.2 Å². The lowest BCUT2D eigenvalue weighted by Crippen LogP contribution is -2.20. The smallest absolute Gasteiger partial charge is 0.263 e. The second-order valence-corrected chi connectivity index (χ2v) is 5.72. The van der Waals surface area contributed by atoms with Gasteiger partial charge >= 0.3 is 0 Å². The molecule has 1 amide bonds. The Hall–Kier alpha value is -2.86. The van der Waals surface area contributed by atoms with Crippen LogP contribution < -0.4 is 10.1 Å². The summed E-state index contributed by atoms with van der Waals surface area (Å²) in [5.41, 5.74) is 0.523. The van der Waals surface area contributed by atoms with E-state index < -0.39 is 0 Å². The minimum absolute atomic E-state index is 0.151. The van der Waals surface area contributed by atoms with E-state index in [1.165, 1.54) is 6.07 Å². The van der Waals surface area contributed by atoms with Crippen molar-refractivity contribution in [2.75, 3.05) is 11.9 Å². The number of amides is 1. The van der Waals surface area contributed by atoms with E-state index in [1.807, 2.05) is 0 Å². The Labute approximate surface area is 149 Å². The predicted molar refractivity (Wildman–Crippen MR) is 93.3 cm³/mol. The average Bonchev–Trinajstić information content (AvgIpc) is 3.03. The molecule has 3 rings (SSSR count). The summed E-state index contributed by atoms with van der Waals surface area (Å²) in [5.74, 6) is 0.289. The number of hydrogen-bond donors (Lipinski definition) is 1. The number of rotatable bonds is 6. The van der Waals surface area contributed by atoms with Crippen LogP contribution in [0.4, 0.5) is 10.2 Å². The van der Waals surface area contributed by atoms with Crippen LogP contribution in [0.25, 0.3) is 0 Å². The number of benzene rings is 2. The molecule has 0 unspecified atom stereocenters. The van der Waals surface area contributed by atoms with E-state index in [4.69, 9.17) is 16.3 Å². The Kier molecular flexibility index (Phi) is 5.30. The van der Waals surface area contributed by atoms with Crippen LogP contribution in [-0.4, -0.2) is 22.3 Å². The fourth-order valence-electron chi connectivity index (χ4n) is 2.18. The van der Waals surface area contributed by atoms with Crippen LogP contribution in [-0.2, 0) is 11.3 Å². The largest absolute Gasteiger partial charge is 0.484 e. The van der Waals surface area contributed by atoms with Gasteiger partial charge < -0.3 is 10.1 Å². The summed E-state index contributed by atoms with van der Waals surface area (Å²) in [6, 6.07) is 14.8. The zero-order valence-corrected chi connectivity index (χ0v) is 13.9. The number of aromatic nitrogens is 2. The van der Waals surface area contributed by atoms with Gasteiger partial charge in [-0.1, -0.05) is 29.8 Å². The van der Waals surface area contributed by atoms with Crippen LogP contribution in [0, 0.1) is 5.82 Å². The van der Waals surface area contributed by atoms with E-state index in [1.54, 1.807) is 59.4 Å². The minimum atomic E-state index is -0.342. The molecule has 0 saturated heterocycles. The molecule has 0 spiro atoms. The molecule has 3 aromatic rings. The van der Waals surface area contributed by atoms with Gasteiger partial charge in [-0.2, -0.15) is 5.10 Å².